The van der Waals surface area contributed by atoms with Crippen LogP contribution in [-0.2, 0) is 6.42 Å². The molecule has 3 aromatic heterocycles. The highest BCUT2D eigenvalue weighted by molar-refractivity contribution is 5.90. The van der Waals surface area contributed by atoms with Crippen molar-refractivity contribution in [3.05, 3.63) is 78.6 Å². The Morgan fingerprint density at radius 1 is 0.893 bits per heavy atom. The molecule has 0 fully saturated rings. The van der Waals surface area contributed by atoms with Gasteiger partial charge in [-0.15, -0.1) is 0 Å². The number of hydrogen-bond donors (Lipinski definition) is 1. The fourth-order valence-electron chi connectivity index (χ4n) is 3.18. The minimum absolute atomic E-state index is 0.231. The minimum atomic E-state index is -0.308. The first-order chi connectivity index (χ1) is 13.5. The molecule has 0 saturated heterocycles. The van der Waals surface area contributed by atoms with E-state index in [1.165, 1.54) is 12.1 Å². The molecule has 0 aliphatic carbocycles. The Balaban J connectivity index is 1.71. The van der Waals surface area contributed by atoms with Gasteiger partial charge in [-0.2, -0.15) is 0 Å². The number of benzene rings is 1. The van der Waals surface area contributed by atoms with E-state index in [0.29, 0.717) is 12.2 Å². The molecule has 4 aromatic rings. The number of pyridine rings is 2. The van der Waals surface area contributed by atoms with E-state index in [4.69, 9.17) is 4.98 Å². The summed E-state index contributed by atoms with van der Waals surface area (Å²) in [5.41, 5.74) is 2.40. The first-order valence-electron chi connectivity index (χ1n) is 9.05. The van der Waals surface area contributed by atoms with Crippen molar-refractivity contribution in [1.82, 2.24) is 19.9 Å². The first-order valence-corrected chi connectivity index (χ1v) is 9.05. The van der Waals surface area contributed by atoms with Gasteiger partial charge in [0.25, 0.3) is 0 Å². The van der Waals surface area contributed by atoms with Crippen LogP contribution in [0.1, 0.15) is 19.4 Å². The number of fused-ring (bicyclic) bond motifs is 1. The first kappa shape index (κ1) is 18.0. The maximum absolute atomic E-state index is 13.2. The normalized spacial score (nSPS) is 11.5. The number of nitrogens with one attached hydrogen (secondary N) is 1. The Morgan fingerprint density at radius 2 is 1.61 bits per heavy atom. The predicted molar refractivity (Wildman–Crippen MR) is 108 cm³/mol. The van der Waals surface area contributed by atoms with Gasteiger partial charge in [-0.05, 0) is 56.2 Å². The molecule has 3 heterocycles. The SMILES string of the molecule is CC(C)(Cc1ccc(F)cc1)Nc1nc(-c2ccncc2)nc2cnccc12. The summed E-state index contributed by atoms with van der Waals surface area (Å²) < 4.78 is 13.2. The second-order valence-electron chi connectivity index (χ2n) is 7.34. The lowest BCUT2D eigenvalue weighted by Gasteiger charge is -2.28. The van der Waals surface area contributed by atoms with Crippen molar-refractivity contribution in [3.63, 3.8) is 0 Å². The van der Waals surface area contributed by atoms with Gasteiger partial charge in [0.2, 0.25) is 0 Å². The summed E-state index contributed by atoms with van der Waals surface area (Å²) in [6.07, 6.45) is 7.62. The summed E-state index contributed by atoms with van der Waals surface area (Å²) in [7, 11) is 0. The van der Waals surface area contributed by atoms with Crippen LogP contribution in [-0.4, -0.2) is 25.5 Å². The zero-order valence-corrected chi connectivity index (χ0v) is 15.7. The second kappa shape index (κ2) is 7.31. The molecule has 0 bridgehead atoms. The monoisotopic (exact) mass is 373 g/mol. The van der Waals surface area contributed by atoms with Gasteiger partial charge in [0.1, 0.15) is 11.6 Å². The summed E-state index contributed by atoms with van der Waals surface area (Å²) >= 11 is 0. The molecule has 1 aromatic carbocycles. The number of anilines is 1. The Hall–Kier alpha value is -3.41. The third-order valence-electron chi connectivity index (χ3n) is 4.45. The molecule has 4 rings (SSSR count). The van der Waals surface area contributed by atoms with Crippen molar-refractivity contribution < 1.29 is 4.39 Å². The summed E-state index contributed by atoms with van der Waals surface area (Å²) in [5, 5.41) is 4.45. The molecule has 5 nitrogen and oxygen atoms in total. The third-order valence-corrected chi connectivity index (χ3v) is 4.45. The number of rotatable bonds is 5. The molecule has 6 heteroatoms. The summed E-state index contributed by atoms with van der Waals surface area (Å²) in [6.45, 7) is 4.19. The maximum atomic E-state index is 13.2. The van der Waals surface area contributed by atoms with Crippen molar-refractivity contribution in [2.24, 2.45) is 0 Å². The van der Waals surface area contributed by atoms with Gasteiger partial charge in [-0.1, -0.05) is 12.1 Å². The van der Waals surface area contributed by atoms with Crippen LogP contribution < -0.4 is 5.32 Å². The molecule has 0 aliphatic rings. The quantitative estimate of drug-likeness (QED) is 0.551. The standard InChI is InChI=1S/C22H20FN5/c1-22(2,13-15-3-5-17(23)6-4-15)28-21-18-9-12-25-14-19(18)26-20(27-21)16-7-10-24-11-8-16/h3-12,14H,13H2,1-2H3,(H,26,27,28). The van der Waals surface area contributed by atoms with Crippen molar-refractivity contribution in [2.45, 2.75) is 25.8 Å². The van der Waals surface area contributed by atoms with E-state index in [2.05, 4.69) is 34.1 Å². The van der Waals surface area contributed by atoms with Gasteiger partial charge in [-0.25, -0.2) is 14.4 Å². The van der Waals surface area contributed by atoms with Crippen LogP contribution in [0.2, 0.25) is 0 Å². The topological polar surface area (TPSA) is 63.6 Å². The predicted octanol–water partition coefficient (Wildman–Crippen LogP) is 4.66. The molecule has 28 heavy (non-hydrogen) atoms. The number of aromatic nitrogens is 4. The van der Waals surface area contributed by atoms with E-state index in [1.54, 1.807) is 24.8 Å². The van der Waals surface area contributed by atoms with E-state index in [-0.39, 0.29) is 11.4 Å². The number of halogens is 1. The van der Waals surface area contributed by atoms with Crippen LogP contribution >= 0.6 is 0 Å². The largest absolute Gasteiger partial charge is 0.364 e. The smallest absolute Gasteiger partial charge is 0.162 e. The lowest BCUT2D eigenvalue weighted by Crippen LogP contribution is -2.34. The Bertz CT molecular complexity index is 1090. The fourth-order valence-corrected chi connectivity index (χ4v) is 3.18. The van der Waals surface area contributed by atoms with Crippen LogP contribution in [0.3, 0.4) is 0 Å². The van der Waals surface area contributed by atoms with Gasteiger partial charge in [0.15, 0.2) is 5.82 Å². The van der Waals surface area contributed by atoms with Gasteiger partial charge in [0, 0.05) is 35.1 Å². The minimum Gasteiger partial charge on any atom is -0.364 e. The molecule has 0 spiro atoms. The van der Waals surface area contributed by atoms with Crippen LogP contribution in [0, 0.1) is 5.82 Å². The molecule has 0 atom stereocenters. The van der Waals surface area contributed by atoms with E-state index in [0.717, 1.165) is 27.8 Å². The molecule has 140 valence electrons. The van der Waals surface area contributed by atoms with Gasteiger partial charge < -0.3 is 5.32 Å². The lowest BCUT2D eigenvalue weighted by atomic mass is 9.94. The zero-order valence-electron chi connectivity index (χ0n) is 15.7. The zero-order chi connectivity index (χ0) is 19.6. The number of hydrogen-bond acceptors (Lipinski definition) is 5. The second-order valence-corrected chi connectivity index (χ2v) is 7.34. The third kappa shape index (κ3) is 3.96. The average molecular weight is 373 g/mol. The van der Waals surface area contributed by atoms with Crippen molar-refractivity contribution >= 4 is 16.7 Å². The van der Waals surface area contributed by atoms with Crippen LogP contribution in [0.4, 0.5) is 10.2 Å². The maximum Gasteiger partial charge on any atom is 0.162 e. The Labute approximate surface area is 162 Å². The molecular weight excluding hydrogens is 353 g/mol. The molecule has 1 N–H and O–H groups in total. The van der Waals surface area contributed by atoms with Crippen molar-refractivity contribution in [2.75, 3.05) is 5.32 Å². The molecule has 0 unspecified atom stereocenters. The highest BCUT2D eigenvalue weighted by atomic mass is 19.1. The molecule has 0 aliphatic heterocycles. The lowest BCUT2D eigenvalue weighted by molar-refractivity contribution is 0.560. The summed E-state index contributed by atoms with van der Waals surface area (Å²) in [6, 6.07) is 12.3. The van der Waals surface area contributed by atoms with E-state index >= 15 is 0 Å². The van der Waals surface area contributed by atoms with Gasteiger partial charge in [0.05, 0.1) is 11.7 Å². The van der Waals surface area contributed by atoms with Crippen LogP contribution in [0.5, 0.6) is 0 Å². The van der Waals surface area contributed by atoms with Gasteiger partial charge >= 0.3 is 0 Å². The van der Waals surface area contributed by atoms with E-state index in [9.17, 15) is 4.39 Å². The highest BCUT2D eigenvalue weighted by Gasteiger charge is 2.21. The molecule has 0 amide bonds. The molecule has 0 radical (unpaired) electrons. The Morgan fingerprint density at radius 3 is 2.36 bits per heavy atom. The van der Waals surface area contributed by atoms with E-state index < -0.39 is 0 Å². The fraction of sp³-hybridized carbons (Fsp3) is 0.182. The molecule has 0 saturated carbocycles. The van der Waals surface area contributed by atoms with Crippen LogP contribution in [0.15, 0.2) is 67.3 Å². The Kier molecular flexibility index (Phi) is 4.69. The van der Waals surface area contributed by atoms with E-state index in [1.807, 2.05) is 30.3 Å². The van der Waals surface area contributed by atoms with Crippen LogP contribution in [0.25, 0.3) is 22.3 Å². The van der Waals surface area contributed by atoms with Crippen molar-refractivity contribution in [1.29, 1.82) is 0 Å². The highest BCUT2D eigenvalue weighted by Crippen LogP contribution is 2.27. The summed E-state index contributed by atoms with van der Waals surface area (Å²) in [5.74, 6) is 1.13. The van der Waals surface area contributed by atoms with Gasteiger partial charge in [-0.3, -0.25) is 9.97 Å². The van der Waals surface area contributed by atoms with Crippen molar-refractivity contribution in [3.8, 4) is 11.4 Å². The summed E-state index contributed by atoms with van der Waals surface area (Å²) in [4.78, 5) is 17.7. The number of nitrogens with zero attached hydrogens (tertiary/aromatic N) is 4. The average Bonchev–Trinajstić information content (AvgIpc) is 2.70. The molecular formula is C22H20FN5.